The summed E-state index contributed by atoms with van der Waals surface area (Å²) in [5.41, 5.74) is 1.12. The SMILES string of the molecule is C=C(Br)COc1cc(C)ccc1Cl. The summed E-state index contributed by atoms with van der Waals surface area (Å²) >= 11 is 9.12. The van der Waals surface area contributed by atoms with Gasteiger partial charge < -0.3 is 4.74 Å². The van der Waals surface area contributed by atoms with E-state index in [-0.39, 0.29) is 0 Å². The molecule has 0 N–H and O–H groups in total. The van der Waals surface area contributed by atoms with Crippen molar-refractivity contribution in [2.45, 2.75) is 6.92 Å². The number of benzene rings is 1. The molecule has 70 valence electrons. The molecule has 0 aliphatic carbocycles. The summed E-state index contributed by atoms with van der Waals surface area (Å²) in [5.74, 6) is 0.697. The van der Waals surface area contributed by atoms with E-state index >= 15 is 0 Å². The highest BCUT2D eigenvalue weighted by atomic mass is 79.9. The maximum absolute atomic E-state index is 5.91. The van der Waals surface area contributed by atoms with E-state index in [0.717, 1.165) is 10.0 Å². The molecule has 0 aliphatic heterocycles. The molecule has 0 radical (unpaired) electrons. The molecule has 0 saturated heterocycles. The lowest BCUT2D eigenvalue weighted by molar-refractivity contribution is 0.361. The first kappa shape index (κ1) is 10.6. The first-order chi connectivity index (χ1) is 6.09. The van der Waals surface area contributed by atoms with Crippen molar-refractivity contribution >= 4 is 27.5 Å². The van der Waals surface area contributed by atoms with Crippen LogP contribution < -0.4 is 4.74 Å². The van der Waals surface area contributed by atoms with Crippen LogP contribution in [-0.2, 0) is 0 Å². The lowest BCUT2D eigenvalue weighted by Gasteiger charge is -2.07. The predicted octanol–water partition coefficient (Wildman–Crippen LogP) is 3.94. The number of rotatable bonds is 3. The van der Waals surface area contributed by atoms with E-state index in [2.05, 4.69) is 22.5 Å². The van der Waals surface area contributed by atoms with Crippen molar-refractivity contribution in [3.8, 4) is 5.75 Å². The van der Waals surface area contributed by atoms with E-state index in [9.17, 15) is 0 Å². The van der Waals surface area contributed by atoms with Crippen LogP contribution in [0.4, 0.5) is 0 Å². The summed E-state index contributed by atoms with van der Waals surface area (Å²) in [5, 5.41) is 0.624. The van der Waals surface area contributed by atoms with Gasteiger partial charge >= 0.3 is 0 Å². The second-order valence-electron chi connectivity index (χ2n) is 2.74. The van der Waals surface area contributed by atoms with E-state index in [1.165, 1.54) is 0 Å². The zero-order valence-corrected chi connectivity index (χ0v) is 9.65. The average molecular weight is 262 g/mol. The van der Waals surface area contributed by atoms with E-state index in [1.807, 2.05) is 25.1 Å². The van der Waals surface area contributed by atoms with Gasteiger partial charge in [-0.25, -0.2) is 0 Å². The van der Waals surface area contributed by atoms with Crippen LogP contribution in [0.15, 0.2) is 29.3 Å². The van der Waals surface area contributed by atoms with Crippen molar-refractivity contribution in [3.05, 3.63) is 39.8 Å². The van der Waals surface area contributed by atoms with Gasteiger partial charge in [-0.3, -0.25) is 0 Å². The molecule has 0 spiro atoms. The summed E-state index contributed by atoms with van der Waals surface area (Å²) in [6.45, 7) is 6.10. The molecule has 13 heavy (non-hydrogen) atoms. The monoisotopic (exact) mass is 260 g/mol. The summed E-state index contributed by atoms with van der Waals surface area (Å²) < 4.78 is 6.20. The van der Waals surface area contributed by atoms with Crippen LogP contribution in [0.3, 0.4) is 0 Å². The van der Waals surface area contributed by atoms with Crippen molar-refractivity contribution in [1.82, 2.24) is 0 Å². The van der Waals surface area contributed by atoms with Crippen molar-refractivity contribution < 1.29 is 4.74 Å². The van der Waals surface area contributed by atoms with Gasteiger partial charge in [0.05, 0.1) is 5.02 Å². The molecule has 0 saturated carbocycles. The minimum Gasteiger partial charge on any atom is -0.487 e. The van der Waals surface area contributed by atoms with Gasteiger partial charge in [0, 0.05) is 4.48 Å². The standard InChI is InChI=1S/C10H10BrClO/c1-7-3-4-9(12)10(5-7)13-6-8(2)11/h3-5H,2,6H2,1H3. The number of ether oxygens (including phenoxy) is 1. The Morgan fingerprint density at radius 1 is 1.62 bits per heavy atom. The Morgan fingerprint density at radius 2 is 2.31 bits per heavy atom. The number of halogens is 2. The van der Waals surface area contributed by atoms with Crippen LogP contribution in [0.5, 0.6) is 5.75 Å². The molecule has 0 atom stereocenters. The van der Waals surface area contributed by atoms with Gasteiger partial charge in [-0.1, -0.05) is 40.2 Å². The molecule has 0 amide bonds. The van der Waals surface area contributed by atoms with E-state index in [4.69, 9.17) is 16.3 Å². The molecule has 1 aromatic carbocycles. The highest BCUT2D eigenvalue weighted by molar-refractivity contribution is 9.11. The lowest BCUT2D eigenvalue weighted by atomic mass is 10.2. The highest BCUT2D eigenvalue weighted by Crippen LogP contribution is 2.25. The molecule has 0 bridgehead atoms. The maximum atomic E-state index is 5.91. The molecule has 3 heteroatoms. The fourth-order valence-electron chi connectivity index (χ4n) is 0.877. The fourth-order valence-corrected chi connectivity index (χ4v) is 1.16. The minimum atomic E-state index is 0.434. The third-order valence-corrected chi connectivity index (χ3v) is 2.01. The van der Waals surface area contributed by atoms with Crippen LogP contribution in [-0.4, -0.2) is 6.61 Å². The summed E-state index contributed by atoms with van der Waals surface area (Å²) in [6, 6.07) is 5.67. The highest BCUT2D eigenvalue weighted by Gasteiger charge is 2.01. The predicted molar refractivity (Wildman–Crippen MR) is 59.8 cm³/mol. The topological polar surface area (TPSA) is 9.23 Å². The molecule has 0 heterocycles. The van der Waals surface area contributed by atoms with E-state index < -0.39 is 0 Å². The number of hydrogen-bond donors (Lipinski definition) is 0. The minimum absolute atomic E-state index is 0.434. The zero-order valence-electron chi connectivity index (χ0n) is 7.31. The first-order valence-electron chi connectivity index (χ1n) is 3.82. The summed E-state index contributed by atoms with van der Waals surface area (Å²) in [6.07, 6.45) is 0. The molecular formula is C10H10BrClO. The second-order valence-corrected chi connectivity index (χ2v) is 4.27. The van der Waals surface area contributed by atoms with Gasteiger partial charge in [0.2, 0.25) is 0 Å². The third kappa shape index (κ3) is 3.41. The maximum Gasteiger partial charge on any atom is 0.138 e. The Labute approximate surface area is 91.5 Å². The van der Waals surface area contributed by atoms with Crippen LogP contribution >= 0.6 is 27.5 Å². The van der Waals surface area contributed by atoms with Gasteiger partial charge in [0.1, 0.15) is 12.4 Å². The molecule has 0 aromatic heterocycles. The molecular weight excluding hydrogens is 251 g/mol. The molecule has 1 nitrogen and oxygen atoms in total. The van der Waals surface area contributed by atoms with Gasteiger partial charge in [0.15, 0.2) is 0 Å². The van der Waals surface area contributed by atoms with Crippen molar-refractivity contribution in [2.24, 2.45) is 0 Å². The third-order valence-electron chi connectivity index (χ3n) is 1.47. The molecule has 1 rings (SSSR count). The van der Waals surface area contributed by atoms with Gasteiger partial charge in [-0.05, 0) is 24.6 Å². The van der Waals surface area contributed by atoms with Crippen LogP contribution in [0.1, 0.15) is 5.56 Å². The normalized spacial score (nSPS) is 9.77. The van der Waals surface area contributed by atoms with Gasteiger partial charge in [0.25, 0.3) is 0 Å². The largest absolute Gasteiger partial charge is 0.487 e. The molecule has 0 fully saturated rings. The summed E-state index contributed by atoms with van der Waals surface area (Å²) in [4.78, 5) is 0. The van der Waals surface area contributed by atoms with Crippen LogP contribution in [0, 0.1) is 6.92 Å². The van der Waals surface area contributed by atoms with Crippen molar-refractivity contribution in [1.29, 1.82) is 0 Å². The van der Waals surface area contributed by atoms with Crippen LogP contribution in [0.25, 0.3) is 0 Å². The smallest absolute Gasteiger partial charge is 0.138 e. The van der Waals surface area contributed by atoms with Gasteiger partial charge in [-0.15, -0.1) is 0 Å². The first-order valence-corrected chi connectivity index (χ1v) is 4.99. The fraction of sp³-hybridized carbons (Fsp3) is 0.200. The quantitative estimate of drug-likeness (QED) is 0.801. The second kappa shape index (κ2) is 4.68. The van der Waals surface area contributed by atoms with Crippen LogP contribution in [0.2, 0.25) is 5.02 Å². The average Bonchev–Trinajstić information content (AvgIpc) is 2.06. The summed E-state index contributed by atoms with van der Waals surface area (Å²) in [7, 11) is 0. The Kier molecular flexibility index (Phi) is 3.82. The van der Waals surface area contributed by atoms with Gasteiger partial charge in [-0.2, -0.15) is 0 Å². The molecule has 0 aliphatic rings. The zero-order chi connectivity index (χ0) is 9.84. The Balaban J connectivity index is 2.75. The van der Waals surface area contributed by atoms with E-state index in [0.29, 0.717) is 17.4 Å². The number of hydrogen-bond acceptors (Lipinski definition) is 1. The van der Waals surface area contributed by atoms with Crippen molar-refractivity contribution in [2.75, 3.05) is 6.61 Å². The number of aryl methyl sites for hydroxylation is 1. The molecule has 1 aromatic rings. The Bertz CT molecular complexity index is 323. The Hall–Kier alpha value is -0.470. The molecule has 0 unspecified atom stereocenters. The lowest BCUT2D eigenvalue weighted by Crippen LogP contribution is -1.96. The van der Waals surface area contributed by atoms with Crippen molar-refractivity contribution in [3.63, 3.8) is 0 Å². The Morgan fingerprint density at radius 3 is 2.92 bits per heavy atom. The van der Waals surface area contributed by atoms with E-state index in [1.54, 1.807) is 0 Å².